The first-order valence-corrected chi connectivity index (χ1v) is 7.52. The highest BCUT2D eigenvalue weighted by Gasteiger charge is 2.10. The van der Waals surface area contributed by atoms with Crippen molar-refractivity contribution in [2.75, 3.05) is 0 Å². The number of aromatic nitrogens is 1. The summed E-state index contributed by atoms with van der Waals surface area (Å²) in [4.78, 5) is 4.85. The number of halogens is 1. The van der Waals surface area contributed by atoms with Crippen LogP contribution < -0.4 is 0 Å². The van der Waals surface area contributed by atoms with E-state index in [2.05, 4.69) is 0 Å². The summed E-state index contributed by atoms with van der Waals surface area (Å²) >= 11 is 0. The van der Waals surface area contributed by atoms with Crippen molar-refractivity contribution < 1.29 is 4.39 Å². The van der Waals surface area contributed by atoms with Gasteiger partial charge in [0.05, 0.1) is 11.4 Å². The second-order valence-electron chi connectivity index (χ2n) is 5.45. The summed E-state index contributed by atoms with van der Waals surface area (Å²) in [6.07, 6.45) is 0. The molecule has 0 aliphatic rings. The van der Waals surface area contributed by atoms with Gasteiger partial charge in [-0.3, -0.25) is 0 Å². The number of pyridine rings is 1. The van der Waals surface area contributed by atoms with E-state index in [0.29, 0.717) is 0 Å². The number of rotatable bonds is 2. The number of fused-ring (bicyclic) bond motifs is 1. The van der Waals surface area contributed by atoms with E-state index in [-0.39, 0.29) is 5.82 Å². The predicted octanol–water partition coefficient (Wildman–Crippen LogP) is 5.71. The van der Waals surface area contributed by atoms with E-state index in [0.717, 1.165) is 33.3 Å². The largest absolute Gasteiger partial charge is 0.247 e. The lowest BCUT2D eigenvalue weighted by atomic mass is 10.0. The van der Waals surface area contributed by atoms with Gasteiger partial charge in [0.2, 0.25) is 0 Å². The monoisotopic (exact) mass is 299 g/mol. The van der Waals surface area contributed by atoms with E-state index in [4.69, 9.17) is 4.98 Å². The summed E-state index contributed by atoms with van der Waals surface area (Å²) in [5, 5.41) is 1.81. The first kappa shape index (κ1) is 13.6. The molecule has 1 heterocycles. The van der Waals surface area contributed by atoms with Crippen LogP contribution in [0.3, 0.4) is 0 Å². The Morgan fingerprint density at radius 2 is 1.30 bits per heavy atom. The fourth-order valence-electron chi connectivity index (χ4n) is 2.80. The Bertz CT molecular complexity index is 963. The molecule has 23 heavy (non-hydrogen) atoms. The lowest BCUT2D eigenvalue weighted by Gasteiger charge is -2.10. The third-order valence-corrected chi connectivity index (χ3v) is 3.91. The minimum Gasteiger partial charge on any atom is -0.247 e. The van der Waals surface area contributed by atoms with Crippen molar-refractivity contribution in [3.63, 3.8) is 0 Å². The van der Waals surface area contributed by atoms with Crippen LogP contribution in [0.5, 0.6) is 0 Å². The Morgan fingerprint density at radius 3 is 2.00 bits per heavy atom. The molecule has 4 rings (SSSR count). The molecule has 0 unspecified atom stereocenters. The highest BCUT2D eigenvalue weighted by atomic mass is 19.1. The van der Waals surface area contributed by atoms with Gasteiger partial charge >= 0.3 is 0 Å². The van der Waals surface area contributed by atoms with Crippen molar-refractivity contribution in [2.24, 2.45) is 0 Å². The molecule has 110 valence electrons. The molecule has 0 bridgehead atoms. The normalized spacial score (nSPS) is 10.8. The lowest BCUT2D eigenvalue weighted by molar-refractivity contribution is 0.630. The van der Waals surface area contributed by atoms with Crippen molar-refractivity contribution in [1.29, 1.82) is 0 Å². The molecule has 0 amide bonds. The number of nitrogens with zero attached hydrogens (tertiary/aromatic N) is 1. The molecular weight excluding hydrogens is 285 g/mol. The first-order valence-electron chi connectivity index (χ1n) is 7.52. The number of hydrogen-bond acceptors (Lipinski definition) is 1. The molecule has 0 aliphatic carbocycles. The molecule has 0 saturated carbocycles. The maximum Gasteiger partial charge on any atom is 0.123 e. The molecular formula is C21H14FN. The zero-order valence-electron chi connectivity index (χ0n) is 12.4. The fraction of sp³-hybridized carbons (Fsp3) is 0. The maximum absolute atomic E-state index is 13.7. The fourth-order valence-corrected chi connectivity index (χ4v) is 2.80. The van der Waals surface area contributed by atoms with E-state index < -0.39 is 0 Å². The quantitative estimate of drug-likeness (QED) is 0.462. The molecule has 0 fully saturated rings. The van der Waals surface area contributed by atoms with Gasteiger partial charge in [0.25, 0.3) is 0 Å². The van der Waals surface area contributed by atoms with Crippen molar-refractivity contribution in [2.45, 2.75) is 0 Å². The van der Waals surface area contributed by atoms with Gasteiger partial charge in [-0.2, -0.15) is 0 Å². The average molecular weight is 299 g/mol. The van der Waals surface area contributed by atoms with E-state index in [1.54, 1.807) is 12.1 Å². The Kier molecular flexibility index (Phi) is 3.35. The van der Waals surface area contributed by atoms with Gasteiger partial charge in [0, 0.05) is 16.5 Å². The van der Waals surface area contributed by atoms with Gasteiger partial charge in [0.15, 0.2) is 0 Å². The third-order valence-electron chi connectivity index (χ3n) is 3.91. The van der Waals surface area contributed by atoms with Gasteiger partial charge in [-0.15, -0.1) is 0 Å². The van der Waals surface area contributed by atoms with Crippen LogP contribution in [0.15, 0.2) is 84.9 Å². The highest BCUT2D eigenvalue weighted by Crippen LogP contribution is 2.31. The highest BCUT2D eigenvalue weighted by molar-refractivity contribution is 5.96. The molecule has 2 heteroatoms. The van der Waals surface area contributed by atoms with Crippen LogP contribution in [-0.2, 0) is 0 Å². The van der Waals surface area contributed by atoms with Crippen molar-refractivity contribution in [3.8, 4) is 22.5 Å². The minimum atomic E-state index is -0.235. The second-order valence-corrected chi connectivity index (χ2v) is 5.45. The summed E-state index contributed by atoms with van der Waals surface area (Å²) in [6.45, 7) is 0. The molecule has 1 nitrogen and oxygen atoms in total. The van der Waals surface area contributed by atoms with Crippen LogP contribution >= 0.6 is 0 Å². The summed E-state index contributed by atoms with van der Waals surface area (Å²) < 4.78 is 13.7. The maximum atomic E-state index is 13.7. The van der Waals surface area contributed by atoms with Crippen LogP contribution in [0.2, 0.25) is 0 Å². The molecule has 0 radical (unpaired) electrons. The van der Waals surface area contributed by atoms with Gasteiger partial charge in [-0.05, 0) is 29.7 Å². The minimum absolute atomic E-state index is 0.235. The molecule has 0 N–H and O–H groups in total. The molecule has 3 aromatic carbocycles. The first-order chi connectivity index (χ1) is 11.3. The Balaban J connectivity index is 2.03. The lowest BCUT2D eigenvalue weighted by Crippen LogP contribution is -1.91. The number of benzene rings is 3. The molecule has 0 atom stereocenters. The van der Waals surface area contributed by atoms with E-state index in [1.165, 1.54) is 6.07 Å². The molecule has 4 aromatic rings. The SMILES string of the molecule is Fc1ccc2c(-c3ccccc3)nc(-c3ccccc3)cc2c1. The van der Waals surface area contributed by atoms with Crippen molar-refractivity contribution in [3.05, 3.63) is 90.7 Å². The van der Waals surface area contributed by atoms with Crippen molar-refractivity contribution in [1.82, 2.24) is 4.98 Å². The Morgan fingerprint density at radius 1 is 0.652 bits per heavy atom. The summed E-state index contributed by atoms with van der Waals surface area (Å²) in [5.41, 5.74) is 3.78. The number of hydrogen-bond donors (Lipinski definition) is 0. The zero-order chi connectivity index (χ0) is 15.6. The van der Waals surface area contributed by atoms with Crippen molar-refractivity contribution >= 4 is 10.8 Å². The molecule has 0 saturated heterocycles. The van der Waals surface area contributed by atoms with Gasteiger partial charge in [0.1, 0.15) is 5.82 Å². The van der Waals surface area contributed by atoms with Crippen LogP contribution in [0.1, 0.15) is 0 Å². The summed E-state index contributed by atoms with van der Waals surface area (Å²) in [7, 11) is 0. The van der Waals surface area contributed by atoms with E-state index in [1.807, 2.05) is 66.7 Å². The standard InChI is InChI=1S/C21H14FN/c22-18-11-12-19-17(13-18)14-20(15-7-3-1-4-8-15)23-21(19)16-9-5-2-6-10-16/h1-14H. The van der Waals surface area contributed by atoms with Crippen LogP contribution in [0.25, 0.3) is 33.3 Å². The predicted molar refractivity (Wildman–Crippen MR) is 92.6 cm³/mol. The average Bonchev–Trinajstić information content (AvgIpc) is 2.62. The Labute approximate surface area is 134 Å². The molecule has 0 spiro atoms. The molecule has 1 aromatic heterocycles. The third kappa shape index (κ3) is 2.59. The van der Waals surface area contributed by atoms with Crippen LogP contribution in [0.4, 0.5) is 4.39 Å². The molecule has 0 aliphatic heterocycles. The second kappa shape index (κ2) is 5.65. The van der Waals surface area contributed by atoms with Crippen LogP contribution in [-0.4, -0.2) is 4.98 Å². The van der Waals surface area contributed by atoms with E-state index in [9.17, 15) is 4.39 Å². The summed E-state index contributed by atoms with van der Waals surface area (Å²) in [6, 6.07) is 26.8. The topological polar surface area (TPSA) is 12.9 Å². The van der Waals surface area contributed by atoms with Crippen LogP contribution in [0, 0.1) is 5.82 Å². The summed E-state index contributed by atoms with van der Waals surface area (Å²) in [5.74, 6) is -0.235. The van der Waals surface area contributed by atoms with E-state index >= 15 is 0 Å². The zero-order valence-corrected chi connectivity index (χ0v) is 12.4. The van der Waals surface area contributed by atoms with Gasteiger partial charge in [-0.1, -0.05) is 60.7 Å². The Hall–Kier alpha value is -3.00. The smallest absolute Gasteiger partial charge is 0.123 e. The van der Waals surface area contributed by atoms with Gasteiger partial charge < -0.3 is 0 Å². The van der Waals surface area contributed by atoms with Gasteiger partial charge in [-0.25, -0.2) is 9.37 Å².